The zero-order valence-corrected chi connectivity index (χ0v) is 14.7. The Bertz CT molecular complexity index is 627. The molecule has 1 N–H and O–H groups in total. The lowest BCUT2D eigenvalue weighted by Crippen LogP contribution is -2.46. The van der Waals surface area contributed by atoms with Crippen molar-refractivity contribution >= 4 is 32.3 Å². The lowest BCUT2D eigenvalue weighted by Gasteiger charge is -2.29. The maximum Gasteiger partial charge on any atom is 0.323 e. The molecule has 1 fully saturated rings. The summed E-state index contributed by atoms with van der Waals surface area (Å²) in [7, 11) is 0.815. The van der Waals surface area contributed by atoms with Crippen LogP contribution < -0.4 is 5.32 Å². The Labute approximate surface area is 135 Å². The Kier molecular flexibility index (Phi) is 5.41. The number of urea groups is 1. The van der Waals surface area contributed by atoms with Gasteiger partial charge in [0.05, 0.1) is 17.2 Å². The van der Waals surface area contributed by atoms with Gasteiger partial charge in [-0.05, 0) is 27.4 Å². The van der Waals surface area contributed by atoms with E-state index in [9.17, 15) is 13.2 Å². The van der Waals surface area contributed by atoms with Crippen LogP contribution in [0.2, 0.25) is 0 Å². The molecule has 0 aliphatic carbocycles. The molecule has 0 spiro atoms. The SMILES string of the molecule is Cc1csc(NC(=O)N(CCN(C)C)C2CCS(=O)(=O)C2)n1. The van der Waals surface area contributed by atoms with E-state index in [-0.39, 0.29) is 23.6 Å². The molecular weight excluding hydrogens is 324 g/mol. The number of nitrogens with one attached hydrogen (secondary N) is 1. The first kappa shape index (κ1) is 17.2. The summed E-state index contributed by atoms with van der Waals surface area (Å²) in [5.74, 6) is 0.199. The summed E-state index contributed by atoms with van der Waals surface area (Å²) >= 11 is 1.36. The van der Waals surface area contributed by atoms with Gasteiger partial charge < -0.3 is 9.80 Å². The molecule has 1 aromatic rings. The van der Waals surface area contributed by atoms with Crippen LogP contribution in [0.1, 0.15) is 12.1 Å². The lowest BCUT2D eigenvalue weighted by molar-refractivity contribution is 0.186. The Balaban J connectivity index is 2.07. The summed E-state index contributed by atoms with van der Waals surface area (Å²) in [5.41, 5.74) is 0.851. The Morgan fingerprint density at radius 1 is 1.45 bits per heavy atom. The lowest BCUT2D eigenvalue weighted by atomic mass is 10.2. The maximum atomic E-state index is 12.5. The molecule has 124 valence electrons. The van der Waals surface area contributed by atoms with Crippen LogP contribution in [-0.2, 0) is 9.84 Å². The second-order valence-electron chi connectivity index (χ2n) is 5.78. The van der Waals surface area contributed by atoms with Gasteiger partial charge >= 0.3 is 6.03 Å². The van der Waals surface area contributed by atoms with Crippen LogP contribution in [0.25, 0.3) is 0 Å². The number of thiazole rings is 1. The third-order valence-corrected chi connectivity index (χ3v) is 6.16. The molecule has 0 saturated carbocycles. The van der Waals surface area contributed by atoms with E-state index in [0.29, 0.717) is 24.6 Å². The summed E-state index contributed by atoms with van der Waals surface area (Å²) in [5, 5.41) is 5.17. The highest BCUT2D eigenvalue weighted by molar-refractivity contribution is 7.91. The van der Waals surface area contributed by atoms with E-state index in [2.05, 4.69) is 10.3 Å². The Hall–Kier alpha value is -1.19. The van der Waals surface area contributed by atoms with Crippen LogP contribution in [0.15, 0.2) is 5.38 Å². The quantitative estimate of drug-likeness (QED) is 0.861. The van der Waals surface area contributed by atoms with E-state index >= 15 is 0 Å². The number of nitrogens with zero attached hydrogens (tertiary/aromatic N) is 3. The second-order valence-corrected chi connectivity index (χ2v) is 8.86. The van der Waals surface area contributed by atoms with Gasteiger partial charge in [-0.2, -0.15) is 0 Å². The van der Waals surface area contributed by atoms with Gasteiger partial charge in [0.25, 0.3) is 0 Å². The number of hydrogen-bond acceptors (Lipinski definition) is 6. The van der Waals surface area contributed by atoms with Crippen molar-refractivity contribution in [3.63, 3.8) is 0 Å². The summed E-state index contributed by atoms with van der Waals surface area (Å²) in [6.07, 6.45) is 0.500. The van der Waals surface area contributed by atoms with E-state index in [1.807, 2.05) is 31.3 Å². The molecule has 0 bridgehead atoms. The summed E-state index contributed by atoms with van der Waals surface area (Å²) in [6.45, 7) is 3.03. The highest BCUT2D eigenvalue weighted by Gasteiger charge is 2.34. The zero-order chi connectivity index (χ0) is 16.3. The number of hydrogen-bond donors (Lipinski definition) is 1. The highest BCUT2D eigenvalue weighted by Crippen LogP contribution is 2.20. The molecule has 0 aromatic carbocycles. The fourth-order valence-electron chi connectivity index (χ4n) is 2.35. The largest absolute Gasteiger partial charge is 0.323 e. The van der Waals surface area contributed by atoms with Crippen molar-refractivity contribution in [1.82, 2.24) is 14.8 Å². The van der Waals surface area contributed by atoms with Crippen molar-refractivity contribution in [1.29, 1.82) is 0 Å². The van der Waals surface area contributed by atoms with E-state index < -0.39 is 9.84 Å². The predicted octanol–water partition coefficient (Wildman–Crippen LogP) is 1.03. The fourth-order valence-corrected chi connectivity index (χ4v) is 4.76. The number of carbonyl (C=O) groups excluding carboxylic acids is 1. The number of anilines is 1. The monoisotopic (exact) mass is 346 g/mol. The predicted molar refractivity (Wildman–Crippen MR) is 88.2 cm³/mol. The smallest absolute Gasteiger partial charge is 0.319 e. The van der Waals surface area contributed by atoms with Gasteiger partial charge in [0.15, 0.2) is 15.0 Å². The second kappa shape index (κ2) is 6.93. The first-order valence-corrected chi connectivity index (χ1v) is 9.82. The maximum absolute atomic E-state index is 12.5. The van der Waals surface area contributed by atoms with Crippen LogP contribution in [-0.4, -0.2) is 74.0 Å². The third kappa shape index (κ3) is 4.65. The van der Waals surface area contributed by atoms with Gasteiger partial charge in [-0.15, -0.1) is 11.3 Å². The minimum Gasteiger partial charge on any atom is -0.319 e. The van der Waals surface area contributed by atoms with Gasteiger partial charge in [-0.3, -0.25) is 5.32 Å². The molecule has 7 nitrogen and oxygen atoms in total. The van der Waals surface area contributed by atoms with Crippen LogP contribution in [0, 0.1) is 6.92 Å². The molecule has 1 aliphatic heterocycles. The first-order valence-electron chi connectivity index (χ1n) is 7.12. The standard InChI is InChI=1S/C13H22N4O3S2/c1-10-8-21-12(14-10)15-13(18)17(6-5-16(2)3)11-4-7-22(19,20)9-11/h8,11H,4-7,9H2,1-3H3,(H,14,15,18). The molecule has 2 heterocycles. The van der Waals surface area contributed by atoms with E-state index in [1.54, 1.807) is 4.90 Å². The molecule has 2 amide bonds. The zero-order valence-electron chi connectivity index (χ0n) is 13.1. The van der Waals surface area contributed by atoms with Gasteiger partial charge in [0.2, 0.25) is 0 Å². The van der Waals surface area contributed by atoms with Crippen LogP contribution in [0.4, 0.5) is 9.93 Å². The summed E-state index contributed by atoms with van der Waals surface area (Å²) in [6, 6.07) is -0.538. The van der Waals surface area contributed by atoms with E-state index in [1.165, 1.54) is 11.3 Å². The summed E-state index contributed by atoms with van der Waals surface area (Å²) in [4.78, 5) is 20.3. The number of amides is 2. The molecule has 1 unspecified atom stereocenters. The molecule has 1 aromatic heterocycles. The minimum atomic E-state index is -3.03. The van der Waals surface area contributed by atoms with Crippen LogP contribution in [0.3, 0.4) is 0 Å². The Morgan fingerprint density at radius 2 is 2.18 bits per heavy atom. The van der Waals surface area contributed by atoms with Crippen molar-refractivity contribution in [2.75, 3.05) is 44.0 Å². The van der Waals surface area contributed by atoms with Crippen molar-refractivity contribution in [3.05, 3.63) is 11.1 Å². The van der Waals surface area contributed by atoms with Gasteiger partial charge in [-0.1, -0.05) is 0 Å². The number of carbonyl (C=O) groups is 1. The molecule has 0 radical (unpaired) electrons. The Morgan fingerprint density at radius 3 is 2.68 bits per heavy atom. The molecule has 9 heteroatoms. The minimum absolute atomic E-state index is 0.0464. The number of aromatic nitrogens is 1. The first-order chi connectivity index (χ1) is 10.3. The number of aryl methyl sites for hydroxylation is 1. The highest BCUT2D eigenvalue weighted by atomic mass is 32.2. The molecule has 22 heavy (non-hydrogen) atoms. The van der Waals surface area contributed by atoms with Crippen molar-refractivity contribution < 1.29 is 13.2 Å². The number of likely N-dealkylation sites (N-methyl/N-ethyl adjacent to an activating group) is 1. The average molecular weight is 346 g/mol. The molecular formula is C13H22N4O3S2. The van der Waals surface area contributed by atoms with E-state index in [4.69, 9.17) is 0 Å². The van der Waals surface area contributed by atoms with E-state index in [0.717, 1.165) is 5.69 Å². The van der Waals surface area contributed by atoms with Gasteiger partial charge in [0.1, 0.15) is 0 Å². The third-order valence-electron chi connectivity index (χ3n) is 3.53. The molecule has 2 rings (SSSR count). The fraction of sp³-hybridized carbons (Fsp3) is 0.692. The van der Waals surface area contributed by atoms with Crippen molar-refractivity contribution in [2.24, 2.45) is 0 Å². The van der Waals surface area contributed by atoms with Gasteiger partial charge in [-0.25, -0.2) is 18.2 Å². The van der Waals surface area contributed by atoms with Crippen molar-refractivity contribution in [2.45, 2.75) is 19.4 Å². The van der Waals surface area contributed by atoms with Crippen LogP contribution >= 0.6 is 11.3 Å². The average Bonchev–Trinajstić information content (AvgIpc) is 2.95. The molecule has 1 aliphatic rings. The molecule has 1 atom stereocenters. The van der Waals surface area contributed by atoms with Gasteiger partial charge in [0, 0.05) is 24.5 Å². The van der Waals surface area contributed by atoms with Crippen molar-refractivity contribution in [3.8, 4) is 0 Å². The summed E-state index contributed by atoms with van der Waals surface area (Å²) < 4.78 is 23.4. The number of sulfone groups is 1. The topological polar surface area (TPSA) is 82.6 Å². The van der Waals surface area contributed by atoms with Crippen LogP contribution in [0.5, 0.6) is 0 Å². The normalized spacial score (nSPS) is 20.3. The molecule has 1 saturated heterocycles. The number of rotatable bonds is 5.